The summed E-state index contributed by atoms with van der Waals surface area (Å²) in [5.41, 5.74) is -0.115. The molecule has 110 valence electrons. The highest BCUT2D eigenvalue weighted by Crippen LogP contribution is 2.30. The molecule has 0 amide bonds. The van der Waals surface area contributed by atoms with Crippen molar-refractivity contribution in [1.29, 1.82) is 0 Å². The normalized spacial score (nSPS) is 26.1. The van der Waals surface area contributed by atoms with E-state index in [0.29, 0.717) is 18.7 Å². The summed E-state index contributed by atoms with van der Waals surface area (Å²) in [5, 5.41) is 13.9. The van der Waals surface area contributed by atoms with Crippen molar-refractivity contribution in [1.82, 2.24) is 4.98 Å². The Morgan fingerprint density at radius 3 is 2.60 bits per heavy atom. The Balaban J connectivity index is 2.20. The lowest BCUT2D eigenvalue weighted by Gasteiger charge is -2.31. The van der Waals surface area contributed by atoms with E-state index in [1.165, 1.54) is 6.07 Å². The fourth-order valence-corrected chi connectivity index (χ4v) is 2.40. The Bertz CT molecular complexity index is 485. The zero-order chi connectivity index (χ0) is 14.7. The molecule has 1 N–H and O–H groups in total. The summed E-state index contributed by atoms with van der Waals surface area (Å²) < 4.78 is 11.4. The highest BCUT2D eigenvalue weighted by molar-refractivity contribution is 5.48. The largest absolute Gasteiger partial charge is 0.469 e. The van der Waals surface area contributed by atoms with Gasteiger partial charge in [-0.2, -0.15) is 4.98 Å². The highest BCUT2D eigenvalue weighted by Gasteiger charge is 2.28. The molecule has 1 aliphatic heterocycles. The number of nitro groups is 1. The van der Waals surface area contributed by atoms with E-state index in [4.69, 9.17) is 9.47 Å². The molecule has 7 nitrogen and oxygen atoms in total. The maximum Gasteiger partial charge on any atom is 0.331 e. The van der Waals surface area contributed by atoms with E-state index in [-0.39, 0.29) is 29.9 Å². The molecule has 1 aliphatic rings. The fourth-order valence-electron chi connectivity index (χ4n) is 2.40. The monoisotopic (exact) mass is 281 g/mol. The Kier molecular flexibility index (Phi) is 4.39. The van der Waals surface area contributed by atoms with Gasteiger partial charge in [0, 0.05) is 26.0 Å². The van der Waals surface area contributed by atoms with Gasteiger partial charge in [-0.3, -0.25) is 10.1 Å². The first-order chi connectivity index (χ1) is 9.49. The molecular weight excluding hydrogens is 262 g/mol. The smallest absolute Gasteiger partial charge is 0.331 e. The number of anilines is 1. The second-order valence-corrected chi connectivity index (χ2v) is 5.00. The van der Waals surface area contributed by atoms with Gasteiger partial charge in [-0.15, -0.1) is 0 Å². The van der Waals surface area contributed by atoms with E-state index >= 15 is 0 Å². The van der Waals surface area contributed by atoms with Crippen LogP contribution in [0.4, 0.5) is 11.5 Å². The molecule has 1 aromatic heterocycles. The van der Waals surface area contributed by atoms with Crippen molar-refractivity contribution < 1.29 is 14.4 Å². The van der Waals surface area contributed by atoms with Crippen LogP contribution in [0.3, 0.4) is 0 Å². The van der Waals surface area contributed by atoms with Crippen LogP contribution in [0, 0.1) is 10.1 Å². The van der Waals surface area contributed by atoms with Gasteiger partial charge >= 0.3 is 5.69 Å². The summed E-state index contributed by atoms with van der Waals surface area (Å²) in [5.74, 6) is 0.604. The van der Waals surface area contributed by atoms with Gasteiger partial charge in [0.2, 0.25) is 0 Å². The van der Waals surface area contributed by atoms with Crippen molar-refractivity contribution in [2.24, 2.45) is 0 Å². The number of nitrogens with zero attached hydrogens (tertiary/aromatic N) is 2. The summed E-state index contributed by atoms with van der Waals surface area (Å²) in [4.78, 5) is 14.7. The molecule has 2 atom stereocenters. The van der Waals surface area contributed by atoms with Crippen LogP contribution in [-0.2, 0) is 4.74 Å². The van der Waals surface area contributed by atoms with Crippen molar-refractivity contribution in [3.63, 3.8) is 0 Å². The molecule has 2 heterocycles. The molecule has 0 saturated carbocycles. The minimum absolute atomic E-state index is 0.0631. The zero-order valence-corrected chi connectivity index (χ0v) is 11.8. The molecule has 0 spiro atoms. The van der Waals surface area contributed by atoms with Crippen LogP contribution >= 0.6 is 0 Å². The predicted octanol–water partition coefficient (Wildman–Crippen LogP) is 2.37. The lowest BCUT2D eigenvalue weighted by molar-refractivity contribution is -0.386. The fraction of sp³-hybridized carbons (Fsp3) is 0.615. The number of hydrogen-bond donors (Lipinski definition) is 1. The standard InChI is InChI=1S/C13H19N3O4/c1-8-6-10(7-9(2)19-8)20-13-11(16(17)18)4-5-12(14-3)15-13/h4-5,8-10H,6-7H2,1-3H3,(H,14,15). The van der Waals surface area contributed by atoms with Gasteiger partial charge in [-0.25, -0.2) is 0 Å². The van der Waals surface area contributed by atoms with Gasteiger partial charge in [0.1, 0.15) is 11.9 Å². The maximum atomic E-state index is 11.0. The summed E-state index contributed by atoms with van der Waals surface area (Å²) in [6.07, 6.45) is 1.44. The van der Waals surface area contributed by atoms with Crippen LogP contribution in [0.15, 0.2) is 12.1 Å². The number of ether oxygens (including phenoxy) is 2. The third kappa shape index (κ3) is 3.36. The van der Waals surface area contributed by atoms with Gasteiger partial charge < -0.3 is 14.8 Å². The van der Waals surface area contributed by atoms with Crippen molar-refractivity contribution in [3.05, 3.63) is 22.2 Å². The molecule has 1 fully saturated rings. The number of pyridine rings is 1. The second kappa shape index (κ2) is 6.04. The minimum atomic E-state index is -0.478. The van der Waals surface area contributed by atoms with E-state index in [1.54, 1.807) is 13.1 Å². The molecule has 7 heteroatoms. The summed E-state index contributed by atoms with van der Waals surface area (Å²) >= 11 is 0. The Morgan fingerprint density at radius 2 is 2.05 bits per heavy atom. The molecule has 1 aromatic rings. The summed E-state index contributed by atoms with van der Waals surface area (Å²) in [6.45, 7) is 3.94. The molecule has 2 unspecified atom stereocenters. The predicted molar refractivity (Wildman–Crippen MR) is 74.1 cm³/mol. The maximum absolute atomic E-state index is 11.0. The van der Waals surface area contributed by atoms with Crippen LogP contribution in [0.2, 0.25) is 0 Å². The van der Waals surface area contributed by atoms with Crippen LogP contribution in [-0.4, -0.2) is 35.3 Å². The number of hydrogen-bond acceptors (Lipinski definition) is 6. The Morgan fingerprint density at radius 1 is 1.40 bits per heavy atom. The van der Waals surface area contributed by atoms with Crippen LogP contribution in [0.25, 0.3) is 0 Å². The van der Waals surface area contributed by atoms with E-state index in [2.05, 4.69) is 10.3 Å². The molecule has 1 saturated heterocycles. The highest BCUT2D eigenvalue weighted by atomic mass is 16.6. The second-order valence-electron chi connectivity index (χ2n) is 5.00. The van der Waals surface area contributed by atoms with Gasteiger partial charge in [-0.1, -0.05) is 0 Å². The number of aromatic nitrogens is 1. The quantitative estimate of drug-likeness (QED) is 0.673. The van der Waals surface area contributed by atoms with E-state index < -0.39 is 4.92 Å². The Labute approximate surface area is 117 Å². The third-order valence-electron chi connectivity index (χ3n) is 3.23. The Hall–Kier alpha value is -1.89. The molecule has 0 aliphatic carbocycles. The lowest BCUT2D eigenvalue weighted by atomic mass is 10.0. The number of nitrogens with one attached hydrogen (secondary N) is 1. The molecule has 0 bridgehead atoms. The van der Waals surface area contributed by atoms with E-state index in [9.17, 15) is 10.1 Å². The topological polar surface area (TPSA) is 86.5 Å². The molecule has 2 rings (SSSR count). The first-order valence-corrected chi connectivity index (χ1v) is 6.65. The molecule has 20 heavy (non-hydrogen) atoms. The average Bonchev–Trinajstić information content (AvgIpc) is 2.37. The SMILES string of the molecule is CNc1ccc([N+](=O)[O-])c(OC2CC(C)OC(C)C2)n1. The van der Waals surface area contributed by atoms with Crippen molar-refractivity contribution >= 4 is 11.5 Å². The molecule has 0 aromatic carbocycles. The summed E-state index contributed by atoms with van der Waals surface area (Å²) in [6, 6.07) is 2.96. The van der Waals surface area contributed by atoms with Gasteiger partial charge in [0.25, 0.3) is 5.88 Å². The van der Waals surface area contributed by atoms with Crippen molar-refractivity contribution in [2.75, 3.05) is 12.4 Å². The average molecular weight is 281 g/mol. The third-order valence-corrected chi connectivity index (χ3v) is 3.23. The minimum Gasteiger partial charge on any atom is -0.469 e. The molecular formula is C13H19N3O4. The van der Waals surface area contributed by atoms with Crippen molar-refractivity contribution in [3.8, 4) is 5.88 Å². The van der Waals surface area contributed by atoms with Crippen LogP contribution < -0.4 is 10.1 Å². The lowest BCUT2D eigenvalue weighted by Crippen LogP contribution is -2.36. The summed E-state index contributed by atoms with van der Waals surface area (Å²) in [7, 11) is 1.70. The van der Waals surface area contributed by atoms with E-state index in [1.807, 2.05) is 13.8 Å². The van der Waals surface area contributed by atoms with Crippen molar-refractivity contribution in [2.45, 2.75) is 45.0 Å². The molecule has 0 radical (unpaired) electrons. The first kappa shape index (κ1) is 14.5. The zero-order valence-electron chi connectivity index (χ0n) is 11.8. The van der Waals surface area contributed by atoms with Gasteiger partial charge in [-0.05, 0) is 19.9 Å². The van der Waals surface area contributed by atoms with E-state index in [0.717, 1.165) is 0 Å². The first-order valence-electron chi connectivity index (χ1n) is 6.65. The van der Waals surface area contributed by atoms with Crippen LogP contribution in [0.5, 0.6) is 5.88 Å². The number of rotatable bonds is 4. The van der Waals surface area contributed by atoms with Gasteiger partial charge in [0.15, 0.2) is 0 Å². The van der Waals surface area contributed by atoms with Gasteiger partial charge in [0.05, 0.1) is 17.1 Å². The van der Waals surface area contributed by atoms with Crippen LogP contribution in [0.1, 0.15) is 26.7 Å².